The second kappa shape index (κ2) is 10.4. The molecule has 1 N–H and O–H groups in total. The lowest BCUT2D eigenvalue weighted by Crippen LogP contribution is -2.43. The molecular formula is C23H32N6O. The van der Waals surface area contributed by atoms with Gasteiger partial charge in [0.1, 0.15) is 0 Å². The fraction of sp³-hybridized carbons (Fsp3) is 0.522. The third kappa shape index (κ3) is 5.91. The number of piperazine rings is 1. The van der Waals surface area contributed by atoms with Crippen LogP contribution < -0.4 is 5.32 Å². The third-order valence-corrected chi connectivity index (χ3v) is 5.81. The van der Waals surface area contributed by atoms with Gasteiger partial charge in [0.05, 0.1) is 24.7 Å². The topological polar surface area (TPSA) is 77.2 Å². The van der Waals surface area contributed by atoms with Gasteiger partial charge in [0.15, 0.2) is 0 Å². The molecule has 0 spiro atoms. The van der Waals surface area contributed by atoms with Gasteiger partial charge in [0.25, 0.3) is 0 Å². The van der Waals surface area contributed by atoms with Crippen LogP contribution in [0.25, 0.3) is 0 Å². The number of amides is 1. The Kier molecular flexibility index (Phi) is 7.61. The summed E-state index contributed by atoms with van der Waals surface area (Å²) in [5.41, 5.74) is 5.19. The molecule has 30 heavy (non-hydrogen) atoms. The minimum absolute atomic E-state index is 0.00499. The first kappa shape index (κ1) is 22.0. The maximum Gasteiger partial charge on any atom is 0.224 e. The Hall–Kier alpha value is -2.69. The third-order valence-electron chi connectivity index (χ3n) is 5.81. The SMILES string of the molecule is Cc1nn(CCC#N)c(C)c1CCC(=O)Nc1ccc(CN2CCN(C)CC2)cc1. The van der Waals surface area contributed by atoms with E-state index in [1.54, 1.807) is 0 Å². The first-order valence-corrected chi connectivity index (χ1v) is 10.7. The van der Waals surface area contributed by atoms with Crippen molar-refractivity contribution in [2.24, 2.45) is 0 Å². The van der Waals surface area contributed by atoms with Crippen LogP contribution in [0.5, 0.6) is 0 Å². The fourth-order valence-electron chi connectivity index (χ4n) is 3.89. The maximum absolute atomic E-state index is 12.4. The molecule has 0 unspecified atom stereocenters. The molecule has 1 aliphatic heterocycles. The van der Waals surface area contributed by atoms with Crippen LogP contribution in [0, 0.1) is 25.2 Å². The van der Waals surface area contributed by atoms with E-state index in [4.69, 9.17) is 5.26 Å². The summed E-state index contributed by atoms with van der Waals surface area (Å²) in [5, 5.41) is 16.3. The van der Waals surface area contributed by atoms with Gasteiger partial charge in [-0.05, 0) is 50.6 Å². The number of nitriles is 1. The van der Waals surface area contributed by atoms with E-state index in [-0.39, 0.29) is 5.91 Å². The standard InChI is InChI=1S/C23H32N6O/c1-18-22(19(2)29(26-18)12-4-11-24)9-10-23(30)25-21-7-5-20(6-8-21)17-28-15-13-27(3)14-16-28/h5-8H,4,9-10,12-17H2,1-3H3,(H,25,30). The van der Waals surface area contributed by atoms with Crippen LogP contribution in [0.15, 0.2) is 24.3 Å². The van der Waals surface area contributed by atoms with E-state index in [0.29, 0.717) is 25.8 Å². The summed E-state index contributed by atoms with van der Waals surface area (Å²) in [6.45, 7) is 9.94. The summed E-state index contributed by atoms with van der Waals surface area (Å²) in [4.78, 5) is 17.2. The van der Waals surface area contributed by atoms with E-state index in [1.807, 2.05) is 30.7 Å². The van der Waals surface area contributed by atoms with E-state index < -0.39 is 0 Å². The number of likely N-dealkylation sites (N-methyl/N-ethyl adjacent to an activating group) is 1. The van der Waals surface area contributed by atoms with Crippen LogP contribution in [0.3, 0.4) is 0 Å². The van der Waals surface area contributed by atoms with Crippen molar-refractivity contribution < 1.29 is 4.79 Å². The Labute approximate surface area is 179 Å². The average Bonchev–Trinajstić information content (AvgIpc) is 3.00. The van der Waals surface area contributed by atoms with Crippen molar-refractivity contribution in [2.45, 2.75) is 46.2 Å². The molecule has 1 aromatic carbocycles. The monoisotopic (exact) mass is 408 g/mol. The normalized spacial score (nSPS) is 15.1. The second-order valence-corrected chi connectivity index (χ2v) is 8.11. The zero-order valence-corrected chi connectivity index (χ0v) is 18.3. The van der Waals surface area contributed by atoms with E-state index in [9.17, 15) is 4.79 Å². The van der Waals surface area contributed by atoms with E-state index in [1.165, 1.54) is 5.56 Å². The number of hydrogen-bond donors (Lipinski definition) is 1. The number of benzene rings is 1. The minimum Gasteiger partial charge on any atom is -0.326 e. The summed E-state index contributed by atoms with van der Waals surface area (Å²) >= 11 is 0. The van der Waals surface area contributed by atoms with Crippen molar-refractivity contribution >= 4 is 11.6 Å². The summed E-state index contributed by atoms with van der Waals surface area (Å²) in [5.74, 6) is 0.00499. The van der Waals surface area contributed by atoms with Gasteiger partial charge in [-0.15, -0.1) is 0 Å². The summed E-state index contributed by atoms with van der Waals surface area (Å²) in [6, 6.07) is 10.3. The molecule has 0 bridgehead atoms. The Balaban J connectivity index is 1.48. The number of nitrogens with zero attached hydrogens (tertiary/aromatic N) is 5. The fourth-order valence-corrected chi connectivity index (χ4v) is 3.89. The maximum atomic E-state index is 12.4. The number of rotatable bonds is 8. The number of aryl methyl sites for hydroxylation is 2. The molecule has 0 atom stereocenters. The van der Waals surface area contributed by atoms with Crippen LogP contribution >= 0.6 is 0 Å². The number of carbonyl (C=O) groups is 1. The Morgan fingerprint density at radius 3 is 2.53 bits per heavy atom. The highest BCUT2D eigenvalue weighted by Gasteiger charge is 2.15. The van der Waals surface area contributed by atoms with Gasteiger partial charge >= 0.3 is 0 Å². The molecule has 7 heteroatoms. The van der Waals surface area contributed by atoms with Crippen LogP contribution in [-0.4, -0.2) is 58.7 Å². The average molecular weight is 409 g/mol. The molecule has 1 aliphatic rings. The quantitative estimate of drug-likeness (QED) is 0.727. The molecule has 0 saturated carbocycles. The number of anilines is 1. The highest BCUT2D eigenvalue weighted by Crippen LogP contribution is 2.17. The highest BCUT2D eigenvalue weighted by atomic mass is 16.1. The molecule has 2 heterocycles. The van der Waals surface area contributed by atoms with E-state index in [0.717, 1.165) is 55.4 Å². The zero-order chi connectivity index (χ0) is 21.5. The van der Waals surface area contributed by atoms with Crippen LogP contribution in [0.2, 0.25) is 0 Å². The van der Waals surface area contributed by atoms with Crippen molar-refractivity contribution in [3.05, 3.63) is 46.8 Å². The van der Waals surface area contributed by atoms with Gasteiger partial charge in [-0.25, -0.2) is 0 Å². The van der Waals surface area contributed by atoms with Gasteiger partial charge in [-0.3, -0.25) is 14.4 Å². The first-order valence-electron chi connectivity index (χ1n) is 10.7. The van der Waals surface area contributed by atoms with Crippen molar-refractivity contribution in [2.75, 3.05) is 38.5 Å². The molecular weight excluding hydrogens is 376 g/mol. The molecule has 1 saturated heterocycles. The van der Waals surface area contributed by atoms with Gasteiger partial charge in [-0.2, -0.15) is 10.4 Å². The summed E-state index contributed by atoms with van der Waals surface area (Å²) in [6.07, 6.45) is 1.50. The predicted molar refractivity (Wildman–Crippen MR) is 118 cm³/mol. The molecule has 1 amide bonds. The van der Waals surface area contributed by atoms with Crippen molar-refractivity contribution in [3.63, 3.8) is 0 Å². The van der Waals surface area contributed by atoms with Crippen molar-refractivity contribution in [3.8, 4) is 6.07 Å². The smallest absolute Gasteiger partial charge is 0.224 e. The van der Waals surface area contributed by atoms with Gasteiger partial charge in [-0.1, -0.05) is 12.1 Å². The summed E-state index contributed by atoms with van der Waals surface area (Å²) in [7, 11) is 2.16. The number of carbonyl (C=O) groups excluding carboxylic acids is 1. The van der Waals surface area contributed by atoms with Crippen LogP contribution in [0.1, 0.15) is 35.4 Å². The molecule has 0 aliphatic carbocycles. The molecule has 0 radical (unpaired) electrons. The lowest BCUT2D eigenvalue weighted by atomic mass is 10.1. The predicted octanol–water partition coefficient (Wildman–Crippen LogP) is 2.73. The molecule has 160 valence electrons. The Morgan fingerprint density at radius 2 is 1.87 bits per heavy atom. The molecule has 3 rings (SSSR count). The zero-order valence-electron chi connectivity index (χ0n) is 18.3. The van der Waals surface area contributed by atoms with Gasteiger partial charge in [0, 0.05) is 50.5 Å². The number of hydrogen-bond acceptors (Lipinski definition) is 5. The first-order chi connectivity index (χ1) is 14.5. The largest absolute Gasteiger partial charge is 0.326 e. The van der Waals surface area contributed by atoms with Gasteiger partial charge < -0.3 is 10.2 Å². The number of nitrogens with one attached hydrogen (secondary N) is 1. The lowest BCUT2D eigenvalue weighted by molar-refractivity contribution is -0.116. The Bertz CT molecular complexity index is 888. The number of aromatic nitrogens is 2. The van der Waals surface area contributed by atoms with Crippen molar-refractivity contribution in [1.82, 2.24) is 19.6 Å². The van der Waals surface area contributed by atoms with Crippen molar-refractivity contribution in [1.29, 1.82) is 5.26 Å². The van der Waals surface area contributed by atoms with E-state index >= 15 is 0 Å². The second-order valence-electron chi connectivity index (χ2n) is 8.11. The Morgan fingerprint density at radius 1 is 1.17 bits per heavy atom. The molecule has 7 nitrogen and oxygen atoms in total. The van der Waals surface area contributed by atoms with Gasteiger partial charge in [0.2, 0.25) is 5.91 Å². The lowest BCUT2D eigenvalue weighted by Gasteiger charge is -2.32. The van der Waals surface area contributed by atoms with E-state index in [2.05, 4.69) is 45.5 Å². The molecule has 2 aromatic rings. The highest BCUT2D eigenvalue weighted by molar-refractivity contribution is 5.90. The van der Waals surface area contributed by atoms with Crippen LogP contribution in [-0.2, 0) is 24.3 Å². The summed E-state index contributed by atoms with van der Waals surface area (Å²) < 4.78 is 1.87. The minimum atomic E-state index is 0.00499. The molecule has 1 aromatic heterocycles. The van der Waals surface area contributed by atoms with Crippen LogP contribution in [0.4, 0.5) is 5.69 Å². The molecule has 1 fully saturated rings.